The Labute approximate surface area is 165 Å². The highest BCUT2D eigenvalue weighted by atomic mass is 35.5. The van der Waals surface area contributed by atoms with Crippen molar-refractivity contribution in [2.45, 2.75) is 38.5 Å². The molecule has 2 heterocycles. The maximum absolute atomic E-state index is 6.03. The molecule has 144 valence electrons. The highest BCUT2D eigenvalue weighted by Gasteiger charge is 2.41. The quantitative estimate of drug-likeness (QED) is 0.638. The molecule has 0 bridgehead atoms. The zero-order valence-electron chi connectivity index (χ0n) is 15.7. The summed E-state index contributed by atoms with van der Waals surface area (Å²) in [6, 6.07) is 7.47. The molecular weight excluding hydrogens is 362 g/mol. The highest BCUT2D eigenvalue weighted by molar-refractivity contribution is 6.30. The van der Waals surface area contributed by atoms with Gasteiger partial charge in [-0.25, -0.2) is 0 Å². The van der Waals surface area contributed by atoms with E-state index in [0.29, 0.717) is 35.1 Å². The highest BCUT2D eigenvalue weighted by Crippen LogP contribution is 2.45. The zero-order chi connectivity index (χ0) is 18.7. The second-order valence-electron chi connectivity index (χ2n) is 7.62. The van der Waals surface area contributed by atoms with Gasteiger partial charge in [0.05, 0.1) is 0 Å². The fourth-order valence-electron chi connectivity index (χ4n) is 4.36. The first-order chi connectivity index (χ1) is 13.2. The first kappa shape index (κ1) is 18.3. The van der Waals surface area contributed by atoms with Crippen LogP contribution in [0.15, 0.2) is 33.8 Å². The molecule has 1 saturated carbocycles. The molecular formula is C20H26ClN5O. The molecule has 1 N–H and O–H groups in total. The minimum Gasteiger partial charge on any atom is -0.356 e. The van der Waals surface area contributed by atoms with E-state index in [4.69, 9.17) is 16.1 Å². The van der Waals surface area contributed by atoms with Crippen LogP contribution in [0.3, 0.4) is 0 Å². The Hall–Kier alpha value is -2.08. The van der Waals surface area contributed by atoms with Crippen molar-refractivity contribution in [1.29, 1.82) is 0 Å². The molecule has 2 aromatic rings. The van der Waals surface area contributed by atoms with Gasteiger partial charge in [0.25, 0.3) is 0 Å². The SMILES string of the molecule is CN=C(NCCc1nc(-c2cccc(Cl)c2)no1)N1CCC2(CCCC2)C1. The first-order valence-corrected chi connectivity index (χ1v) is 10.1. The number of aliphatic imine (C=N–C) groups is 1. The minimum absolute atomic E-state index is 0.538. The van der Waals surface area contributed by atoms with Crippen LogP contribution in [0.5, 0.6) is 0 Å². The van der Waals surface area contributed by atoms with Crippen LogP contribution < -0.4 is 5.32 Å². The molecule has 1 aliphatic carbocycles. The molecule has 1 aromatic heterocycles. The van der Waals surface area contributed by atoms with E-state index in [1.54, 1.807) is 0 Å². The normalized spacial score (nSPS) is 19.2. The molecule has 0 amide bonds. The molecule has 2 fully saturated rings. The predicted molar refractivity (Wildman–Crippen MR) is 107 cm³/mol. The summed E-state index contributed by atoms with van der Waals surface area (Å²) in [5.74, 6) is 2.16. The number of likely N-dealkylation sites (tertiary alicyclic amines) is 1. The Morgan fingerprint density at radius 3 is 2.96 bits per heavy atom. The lowest BCUT2D eigenvalue weighted by Gasteiger charge is -2.25. The van der Waals surface area contributed by atoms with Gasteiger partial charge in [0.1, 0.15) is 0 Å². The third-order valence-corrected chi connectivity index (χ3v) is 6.02. The lowest BCUT2D eigenvalue weighted by Crippen LogP contribution is -2.41. The van der Waals surface area contributed by atoms with E-state index < -0.39 is 0 Å². The van der Waals surface area contributed by atoms with E-state index in [9.17, 15) is 0 Å². The Morgan fingerprint density at radius 2 is 2.19 bits per heavy atom. The number of rotatable bonds is 4. The third-order valence-electron chi connectivity index (χ3n) is 5.79. The summed E-state index contributed by atoms with van der Waals surface area (Å²) in [6.07, 6.45) is 7.45. The van der Waals surface area contributed by atoms with E-state index in [1.165, 1.54) is 32.1 Å². The number of nitrogens with one attached hydrogen (secondary N) is 1. The average Bonchev–Trinajstić information content (AvgIpc) is 3.41. The van der Waals surface area contributed by atoms with E-state index in [1.807, 2.05) is 31.3 Å². The van der Waals surface area contributed by atoms with Gasteiger partial charge in [0, 0.05) is 43.7 Å². The van der Waals surface area contributed by atoms with Crippen LogP contribution in [0.25, 0.3) is 11.4 Å². The van der Waals surface area contributed by atoms with Gasteiger partial charge in [-0.2, -0.15) is 4.98 Å². The first-order valence-electron chi connectivity index (χ1n) is 9.72. The molecule has 1 aromatic carbocycles. The lowest BCUT2D eigenvalue weighted by molar-refractivity contribution is 0.309. The second kappa shape index (κ2) is 7.89. The fourth-order valence-corrected chi connectivity index (χ4v) is 4.55. The fraction of sp³-hybridized carbons (Fsp3) is 0.550. The summed E-state index contributed by atoms with van der Waals surface area (Å²) >= 11 is 6.03. The molecule has 1 spiro atoms. The molecule has 7 heteroatoms. The second-order valence-corrected chi connectivity index (χ2v) is 8.06. The Morgan fingerprint density at radius 1 is 1.33 bits per heavy atom. The number of halogens is 1. The monoisotopic (exact) mass is 387 g/mol. The van der Waals surface area contributed by atoms with Crippen molar-refractivity contribution in [3.8, 4) is 11.4 Å². The van der Waals surface area contributed by atoms with Crippen LogP contribution in [0.2, 0.25) is 5.02 Å². The summed E-state index contributed by atoms with van der Waals surface area (Å²) in [7, 11) is 1.85. The van der Waals surface area contributed by atoms with Gasteiger partial charge in [-0.1, -0.05) is 41.7 Å². The van der Waals surface area contributed by atoms with Crippen molar-refractivity contribution < 1.29 is 4.52 Å². The summed E-state index contributed by atoms with van der Waals surface area (Å²) < 4.78 is 5.38. The largest absolute Gasteiger partial charge is 0.356 e. The van der Waals surface area contributed by atoms with Crippen molar-refractivity contribution in [2.24, 2.45) is 10.4 Å². The lowest BCUT2D eigenvalue weighted by atomic mass is 9.86. The Kier molecular flexibility index (Phi) is 5.34. The van der Waals surface area contributed by atoms with Crippen LogP contribution in [0.4, 0.5) is 0 Å². The molecule has 1 aliphatic heterocycles. The van der Waals surface area contributed by atoms with E-state index in [-0.39, 0.29) is 0 Å². The van der Waals surface area contributed by atoms with E-state index in [0.717, 1.165) is 24.6 Å². The number of nitrogens with zero attached hydrogens (tertiary/aromatic N) is 4. The van der Waals surface area contributed by atoms with Gasteiger partial charge >= 0.3 is 0 Å². The molecule has 6 nitrogen and oxygen atoms in total. The van der Waals surface area contributed by atoms with Crippen molar-refractivity contribution in [2.75, 3.05) is 26.7 Å². The molecule has 0 atom stereocenters. The summed E-state index contributed by atoms with van der Waals surface area (Å²) in [5, 5.41) is 8.17. The summed E-state index contributed by atoms with van der Waals surface area (Å²) in [4.78, 5) is 11.3. The van der Waals surface area contributed by atoms with Crippen LogP contribution in [0.1, 0.15) is 38.0 Å². The standard InChI is InChI=1S/C20H26ClN5O/c1-22-19(26-12-10-20(14-26)8-2-3-9-20)23-11-7-17-24-18(25-27-17)15-5-4-6-16(21)13-15/h4-6,13H,2-3,7-12,14H2,1H3,(H,22,23). The third kappa shape index (κ3) is 4.10. The van der Waals surface area contributed by atoms with Gasteiger partial charge in [0.2, 0.25) is 11.7 Å². The molecule has 0 unspecified atom stereocenters. The Balaban J connectivity index is 1.30. The van der Waals surface area contributed by atoms with E-state index in [2.05, 4.69) is 25.3 Å². The smallest absolute Gasteiger partial charge is 0.228 e. The topological polar surface area (TPSA) is 66.5 Å². The van der Waals surface area contributed by atoms with Crippen molar-refractivity contribution in [1.82, 2.24) is 20.4 Å². The maximum Gasteiger partial charge on any atom is 0.228 e. The predicted octanol–water partition coefficient (Wildman–Crippen LogP) is 3.77. The number of aromatic nitrogens is 2. The number of hydrogen-bond acceptors (Lipinski definition) is 4. The van der Waals surface area contributed by atoms with Crippen molar-refractivity contribution in [3.05, 3.63) is 35.2 Å². The van der Waals surface area contributed by atoms with Gasteiger partial charge in [-0.3, -0.25) is 4.99 Å². The molecule has 2 aliphatic rings. The van der Waals surface area contributed by atoms with Gasteiger partial charge in [-0.05, 0) is 36.8 Å². The van der Waals surface area contributed by atoms with Gasteiger partial charge in [0.15, 0.2) is 5.96 Å². The van der Waals surface area contributed by atoms with Crippen LogP contribution in [0, 0.1) is 5.41 Å². The molecule has 4 rings (SSSR count). The van der Waals surface area contributed by atoms with Gasteiger partial charge < -0.3 is 14.7 Å². The van der Waals surface area contributed by atoms with Crippen molar-refractivity contribution in [3.63, 3.8) is 0 Å². The number of benzene rings is 1. The van der Waals surface area contributed by atoms with Gasteiger partial charge in [-0.15, -0.1) is 0 Å². The minimum atomic E-state index is 0.538. The molecule has 0 radical (unpaired) electrons. The summed E-state index contributed by atoms with van der Waals surface area (Å²) in [5.41, 5.74) is 1.40. The maximum atomic E-state index is 6.03. The van der Waals surface area contributed by atoms with Crippen LogP contribution >= 0.6 is 11.6 Å². The number of hydrogen-bond donors (Lipinski definition) is 1. The van der Waals surface area contributed by atoms with Crippen molar-refractivity contribution >= 4 is 17.6 Å². The number of guanidine groups is 1. The van der Waals surface area contributed by atoms with Crippen LogP contribution in [-0.4, -0.2) is 47.7 Å². The van der Waals surface area contributed by atoms with Crippen LogP contribution in [-0.2, 0) is 6.42 Å². The average molecular weight is 388 g/mol. The molecule has 27 heavy (non-hydrogen) atoms. The summed E-state index contributed by atoms with van der Waals surface area (Å²) in [6.45, 7) is 2.94. The zero-order valence-corrected chi connectivity index (χ0v) is 16.5. The van der Waals surface area contributed by atoms with E-state index >= 15 is 0 Å². The Bertz CT molecular complexity index is 812. The molecule has 1 saturated heterocycles.